The predicted molar refractivity (Wildman–Crippen MR) is 97.7 cm³/mol. The molecule has 3 rings (SSSR count). The van der Waals surface area contributed by atoms with Crippen molar-refractivity contribution >= 4 is 11.8 Å². The van der Waals surface area contributed by atoms with Crippen LogP contribution in [0.2, 0.25) is 0 Å². The highest BCUT2D eigenvalue weighted by atomic mass is 16.2. The number of hydrogen-bond donors (Lipinski definition) is 1. The Morgan fingerprint density at radius 3 is 2.32 bits per heavy atom. The number of hydrogen-bond acceptors (Lipinski definition) is 2. The maximum Gasteiger partial charge on any atom is 0.225 e. The highest BCUT2D eigenvalue weighted by Crippen LogP contribution is 2.19. The molecule has 4 nitrogen and oxygen atoms in total. The summed E-state index contributed by atoms with van der Waals surface area (Å²) in [7, 11) is 0. The highest BCUT2D eigenvalue weighted by Gasteiger charge is 2.33. The van der Waals surface area contributed by atoms with Gasteiger partial charge in [0.2, 0.25) is 11.8 Å². The lowest BCUT2D eigenvalue weighted by Gasteiger charge is -2.16. The molecule has 2 aromatic carbocycles. The summed E-state index contributed by atoms with van der Waals surface area (Å²) in [5.41, 5.74) is 2.35. The van der Waals surface area contributed by atoms with Crippen LogP contribution in [0.1, 0.15) is 24.0 Å². The van der Waals surface area contributed by atoms with Crippen LogP contribution in [0.4, 0.5) is 0 Å². The normalized spacial score (nSPS) is 16.9. The molecule has 0 bridgehead atoms. The first kappa shape index (κ1) is 17.2. The minimum atomic E-state index is -0.229. The lowest BCUT2D eigenvalue weighted by molar-refractivity contribution is -0.129. The lowest BCUT2D eigenvalue weighted by atomic mass is 10.1. The van der Waals surface area contributed by atoms with Gasteiger partial charge in [-0.05, 0) is 24.0 Å². The number of benzene rings is 2. The van der Waals surface area contributed by atoms with Gasteiger partial charge in [0.1, 0.15) is 0 Å². The van der Waals surface area contributed by atoms with Crippen LogP contribution >= 0.6 is 0 Å². The van der Waals surface area contributed by atoms with Gasteiger partial charge in [0.05, 0.1) is 5.92 Å². The standard InChI is InChI=1S/C21H24N2O2/c24-20-14-19(21(25)22-15-18-10-5-2-6-11-18)16-23(20)13-7-12-17-8-3-1-4-9-17/h1-6,8-11,19H,7,12-16H2,(H,22,25). The SMILES string of the molecule is O=C(NCc1ccccc1)C1CC(=O)N(CCCc2ccccc2)C1. The third-order valence-electron chi connectivity index (χ3n) is 4.63. The van der Waals surface area contributed by atoms with Crippen LogP contribution < -0.4 is 5.32 Å². The molecule has 1 fully saturated rings. The van der Waals surface area contributed by atoms with Gasteiger partial charge in [-0.3, -0.25) is 9.59 Å². The lowest BCUT2D eigenvalue weighted by Crippen LogP contribution is -2.33. The zero-order valence-corrected chi connectivity index (χ0v) is 14.4. The van der Waals surface area contributed by atoms with Gasteiger partial charge in [-0.25, -0.2) is 0 Å². The van der Waals surface area contributed by atoms with Crippen LogP contribution in [0.5, 0.6) is 0 Å². The molecule has 1 aliphatic rings. The predicted octanol–water partition coefficient (Wildman–Crippen LogP) is 2.78. The van der Waals surface area contributed by atoms with Gasteiger partial charge < -0.3 is 10.2 Å². The van der Waals surface area contributed by atoms with Gasteiger partial charge in [-0.2, -0.15) is 0 Å². The van der Waals surface area contributed by atoms with Gasteiger partial charge in [0, 0.05) is 26.1 Å². The van der Waals surface area contributed by atoms with E-state index in [4.69, 9.17) is 0 Å². The molecule has 1 aliphatic heterocycles. The molecule has 1 unspecified atom stereocenters. The summed E-state index contributed by atoms with van der Waals surface area (Å²) in [4.78, 5) is 26.3. The molecule has 1 atom stereocenters. The van der Waals surface area contributed by atoms with Crippen molar-refractivity contribution in [2.45, 2.75) is 25.8 Å². The van der Waals surface area contributed by atoms with Gasteiger partial charge in [0.15, 0.2) is 0 Å². The molecule has 4 heteroatoms. The Morgan fingerprint density at radius 1 is 1.00 bits per heavy atom. The molecule has 0 spiro atoms. The molecule has 1 saturated heterocycles. The van der Waals surface area contributed by atoms with E-state index in [0.717, 1.165) is 24.9 Å². The number of rotatable bonds is 7. The first-order valence-electron chi connectivity index (χ1n) is 8.86. The van der Waals surface area contributed by atoms with Crippen molar-refractivity contribution in [3.8, 4) is 0 Å². The zero-order valence-electron chi connectivity index (χ0n) is 14.4. The molecular weight excluding hydrogens is 312 g/mol. The molecule has 2 amide bonds. The summed E-state index contributed by atoms with van der Waals surface area (Å²) < 4.78 is 0. The Balaban J connectivity index is 1.42. The van der Waals surface area contributed by atoms with Crippen molar-refractivity contribution in [1.82, 2.24) is 10.2 Å². The average molecular weight is 336 g/mol. The summed E-state index contributed by atoms with van der Waals surface area (Å²) in [5, 5.41) is 2.95. The summed E-state index contributed by atoms with van der Waals surface area (Å²) in [6.07, 6.45) is 2.20. The van der Waals surface area contributed by atoms with Gasteiger partial charge in [0.25, 0.3) is 0 Å². The molecule has 130 valence electrons. The van der Waals surface area contributed by atoms with E-state index in [1.807, 2.05) is 53.4 Å². The van der Waals surface area contributed by atoms with E-state index in [1.165, 1.54) is 5.56 Å². The summed E-state index contributed by atoms with van der Waals surface area (Å²) >= 11 is 0. The number of likely N-dealkylation sites (tertiary alicyclic amines) is 1. The van der Waals surface area contributed by atoms with E-state index in [2.05, 4.69) is 17.4 Å². The molecule has 0 radical (unpaired) electrons. The van der Waals surface area contributed by atoms with Crippen molar-refractivity contribution in [2.75, 3.05) is 13.1 Å². The first-order valence-corrected chi connectivity index (χ1v) is 8.86. The number of carbonyl (C=O) groups excluding carboxylic acids is 2. The summed E-state index contributed by atoms with van der Waals surface area (Å²) in [6.45, 7) is 1.77. The Bertz CT molecular complexity index is 700. The van der Waals surface area contributed by atoms with E-state index in [9.17, 15) is 9.59 Å². The number of amides is 2. The van der Waals surface area contributed by atoms with Crippen LogP contribution in [0.25, 0.3) is 0 Å². The monoisotopic (exact) mass is 336 g/mol. The molecule has 2 aromatic rings. The maximum atomic E-state index is 12.3. The number of carbonyl (C=O) groups is 2. The second-order valence-electron chi connectivity index (χ2n) is 6.53. The quantitative estimate of drug-likeness (QED) is 0.845. The highest BCUT2D eigenvalue weighted by molar-refractivity contribution is 5.89. The fourth-order valence-electron chi connectivity index (χ4n) is 3.21. The van der Waals surface area contributed by atoms with Crippen molar-refractivity contribution in [3.63, 3.8) is 0 Å². The Morgan fingerprint density at radius 2 is 1.64 bits per heavy atom. The van der Waals surface area contributed by atoms with Gasteiger partial charge in [-0.1, -0.05) is 60.7 Å². The third-order valence-corrected chi connectivity index (χ3v) is 4.63. The topological polar surface area (TPSA) is 49.4 Å². The third kappa shape index (κ3) is 4.92. The van der Waals surface area contributed by atoms with Crippen LogP contribution in [0, 0.1) is 5.92 Å². The largest absolute Gasteiger partial charge is 0.352 e. The minimum absolute atomic E-state index is 0.0252. The van der Waals surface area contributed by atoms with Crippen LogP contribution in [-0.4, -0.2) is 29.8 Å². The van der Waals surface area contributed by atoms with E-state index >= 15 is 0 Å². The van der Waals surface area contributed by atoms with E-state index in [1.54, 1.807) is 0 Å². The smallest absolute Gasteiger partial charge is 0.225 e. The molecule has 1 N–H and O–H groups in total. The van der Waals surface area contributed by atoms with Crippen molar-refractivity contribution in [1.29, 1.82) is 0 Å². The molecule has 1 heterocycles. The fraction of sp³-hybridized carbons (Fsp3) is 0.333. The van der Waals surface area contributed by atoms with E-state index < -0.39 is 0 Å². The van der Waals surface area contributed by atoms with Crippen LogP contribution in [0.3, 0.4) is 0 Å². The maximum absolute atomic E-state index is 12.3. The minimum Gasteiger partial charge on any atom is -0.352 e. The van der Waals surface area contributed by atoms with Crippen LogP contribution in [-0.2, 0) is 22.6 Å². The van der Waals surface area contributed by atoms with Gasteiger partial charge in [-0.15, -0.1) is 0 Å². The number of aryl methyl sites for hydroxylation is 1. The first-order chi connectivity index (χ1) is 12.2. The Kier molecular flexibility index (Phi) is 5.83. The fourth-order valence-corrected chi connectivity index (χ4v) is 3.21. The molecular formula is C21H24N2O2. The van der Waals surface area contributed by atoms with Crippen molar-refractivity contribution in [3.05, 3.63) is 71.8 Å². The van der Waals surface area contributed by atoms with Crippen molar-refractivity contribution < 1.29 is 9.59 Å². The molecule has 0 saturated carbocycles. The zero-order chi connectivity index (χ0) is 17.5. The number of nitrogens with zero attached hydrogens (tertiary/aromatic N) is 1. The molecule has 25 heavy (non-hydrogen) atoms. The Labute approximate surface area is 148 Å². The second kappa shape index (κ2) is 8.47. The summed E-state index contributed by atoms with van der Waals surface area (Å²) in [5.74, 6) is -0.163. The molecule has 0 aromatic heterocycles. The average Bonchev–Trinajstić information content (AvgIpc) is 3.02. The Hall–Kier alpha value is -2.62. The number of nitrogens with one attached hydrogen (secondary N) is 1. The second-order valence-corrected chi connectivity index (χ2v) is 6.53. The summed E-state index contributed by atoms with van der Waals surface area (Å²) in [6, 6.07) is 20.1. The van der Waals surface area contributed by atoms with E-state index in [-0.39, 0.29) is 17.7 Å². The van der Waals surface area contributed by atoms with Crippen LogP contribution in [0.15, 0.2) is 60.7 Å². The van der Waals surface area contributed by atoms with Gasteiger partial charge >= 0.3 is 0 Å². The van der Waals surface area contributed by atoms with Crippen molar-refractivity contribution in [2.24, 2.45) is 5.92 Å². The van der Waals surface area contributed by atoms with E-state index in [0.29, 0.717) is 19.5 Å². The molecule has 0 aliphatic carbocycles.